The molecule has 0 saturated heterocycles. The van der Waals surface area contributed by atoms with Crippen LogP contribution in [0.5, 0.6) is 0 Å². The van der Waals surface area contributed by atoms with Crippen LogP contribution in [0.15, 0.2) is 16.6 Å². The van der Waals surface area contributed by atoms with E-state index in [0.29, 0.717) is 22.2 Å². The number of carbonyl (C=O) groups is 1. The summed E-state index contributed by atoms with van der Waals surface area (Å²) in [6, 6.07) is 3.37. The fourth-order valence-electron chi connectivity index (χ4n) is 2.89. The highest BCUT2D eigenvalue weighted by Gasteiger charge is 2.28. The summed E-state index contributed by atoms with van der Waals surface area (Å²) >= 11 is 3.34. The lowest BCUT2D eigenvalue weighted by molar-refractivity contribution is 0.0471. The first-order valence-electron chi connectivity index (χ1n) is 8.66. The second-order valence-electron chi connectivity index (χ2n) is 8.43. The Morgan fingerprint density at radius 2 is 1.92 bits per heavy atom. The lowest BCUT2D eigenvalue weighted by Crippen LogP contribution is -2.47. The van der Waals surface area contributed by atoms with E-state index in [2.05, 4.69) is 26.2 Å². The number of alkyl carbamates (subject to hydrolysis) is 1. The molecule has 0 atom stereocenters. The van der Waals surface area contributed by atoms with Crippen molar-refractivity contribution in [3.8, 4) is 0 Å². The zero-order chi connectivity index (χ0) is 19.9. The van der Waals surface area contributed by atoms with E-state index in [1.165, 1.54) is 6.07 Å². The molecule has 0 saturated carbocycles. The van der Waals surface area contributed by atoms with E-state index in [9.17, 15) is 9.18 Å². The number of benzene rings is 1. The zero-order valence-corrected chi connectivity index (χ0v) is 18.0. The monoisotopic (exact) mass is 427 g/mol. The SMILES string of the molecule is CC(C)n1c(CC(C)(C)NC(=O)OC(C)(C)C)nc2c(F)cc(Br)cc21. The van der Waals surface area contributed by atoms with Crippen molar-refractivity contribution in [2.75, 3.05) is 0 Å². The molecule has 7 heteroatoms. The van der Waals surface area contributed by atoms with Crippen LogP contribution in [0.25, 0.3) is 11.0 Å². The average molecular weight is 428 g/mol. The minimum Gasteiger partial charge on any atom is -0.444 e. The van der Waals surface area contributed by atoms with Gasteiger partial charge in [-0.25, -0.2) is 14.2 Å². The molecule has 0 aliphatic rings. The summed E-state index contributed by atoms with van der Waals surface area (Å²) in [5.41, 5.74) is -0.107. The zero-order valence-electron chi connectivity index (χ0n) is 16.4. The Kier molecular flexibility index (Phi) is 5.71. The van der Waals surface area contributed by atoms with Gasteiger partial charge in [0.2, 0.25) is 0 Å². The van der Waals surface area contributed by atoms with E-state index in [-0.39, 0.29) is 11.9 Å². The normalized spacial score (nSPS) is 12.7. The van der Waals surface area contributed by atoms with Crippen molar-refractivity contribution in [3.05, 3.63) is 28.2 Å². The molecule has 1 N–H and O–H groups in total. The fourth-order valence-corrected chi connectivity index (χ4v) is 3.31. The van der Waals surface area contributed by atoms with Crippen molar-refractivity contribution >= 4 is 33.1 Å². The van der Waals surface area contributed by atoms with Crippen molar-refractivity contribution in [1.82, 2.24) is 14.9 Å². The van der Waals surface area contributed by atoms with E-state index < -0.39 is 17.2 Å². The minimum absolute atomic E-state index is 0.0982. The molecule has 2 rings (SSSR count). The van der Waals surface area contributed by atoms with Crippen molar-refractivity contribution in [1.29, 1.82) is 0 Å². The van der Waals surface area contributed by atoms with Crippen LogP contribution in [0, 0.1) is 5.82 Å². The van der Waals surface area contributed by atoms with Crippen LogP contribution in [0.3, 0.4) is 0 Å². The van der Waals surface area contributed by atoms with Crippen molar-refractivity contribution in [3.63, 3.8) is 0 Å². The summed E-state index contributed by atoms with van der Waals surface area (Å²) in [6.45, 7) is 13.3. The highest BCUT2D eigenvalue weighted by molar-refractivity contribution is 9.10. The van der Waals surface area contributed by atoms with Crippen LogP contribution in [-0.2, 0) is 11.2 Å². The molecule has 1 amide bonds. The number of fused-ring (bicyclic) bond motifs is 1. The predicted octanol–water partition coefficient (Wildman–Crippen LogP) is 5.36. The maximum absolute atomic E-state index is 14.3. The molecule has 5 nitrogen and oxygen atoms in total. The van der Waals surface area contributed by atoms with E-state index in [0.717, 1.165) is 5.52 Å². The Morgan fingerprint density at radius 3 is 2.46 bits per heavy atom. The van der Waals surface area contributed by atoms with Gasteiger partial charge in [-0.1, -0.05) is 15.9 Å². The van der Waals surface area contributed by atoms with Gasteiger partial charge in [-0.2, -0.15) is 0 Å². The van der Waals surface area contributed by atoms with Gasteiger partial charge in [0.25, 0.3) is 0 Å². The average Bonchev–Trinajstić information content (AvgIpc) is 2.72. The van der Waals surface area contributed by atoms with Gasteiger partial charge in [-0.3, -0.25) is 0 Å². The number of imidazole rings is 1. The number of amides is 1. The van der Waals surface area contributed by atoms with Crippen molar-refractivity contribution in [2.24, 2.45) is 0 Å². The summed E-state index contributed by atoms with van der Waals surface area (Å²) in [5.74, 6) is 0.348. The molecule has 1 heterocycles. The molecular weight excluding hydrogens is 401 g/mol. The van der Waals surface area contributed by atoms with E-state index in [4.69, 9.17) is 4.74 Å². The molecule has 144 valence electrons. The van der Waals surface area contributed by atoms with Crippen molar-refractivity contribution < 1.29 is 13.9 Å². The smallest absolute Gasteiger partial charge is 0.408 e. The molecule has 0 fully saturated rings. The van der Waals surface area contributed by atoms with Gasteiger partial charge in [0.1, 0.15) is 16.9 Å². The number of nitrogens with zero attached hydrogens (tertiary/aromatic N) is 2. The van der Waals surface area contributed by atoms with Crippen molar-refractivity contribution in [2.45, 2.75) is 72.1 Å². The number of hydrogen-bond acceptors (Lipinski definition) is 3. The second-order valence-corrected chi connectivity index (χ2v) is 9.35. The molecule has 0 spiro atoms. The molecule has 0 radical (unpaired) electrons. The van der Waals surface area contributed by atoms with Gasteiger partial charge in [-0.05, 0) is 60.6 Å². The number of halogens is 2. The van der Waals surface area contributed by atoms with Gasteiger partial charge in [0.15, 0.2) is 5.82 Å². The summed E-state index contributed by atoms with van der Waals surface area (Å²) in [5, 5.41) is 2.88. The van der Waals surface area contributed by atoms with Gasteiger partial charge >= 0.3 is 6.09 Å². The van der Waals surface area contributed by atoms with Crippen LogP contribution in [-0.4, -0.2) is 26.8 Å². The summed E-state index contributed by atoms with van der Waals surface area (Å²) < 4.78 is 22.3. The van der Waals surface area contributed by atoms with Gasteiger partial charge < -0.3 is 14.6 Å². The van der Waals surface area contributed by atoms with Crippen LogP contribution in [0.4, 0.5) is 9.18 Å². The highest BCUT2D eigenvalue weighted by atomic mass is 79.9. The van der Waals surface area contributed by atoms with Crippen LogP contribution >= 0.6 is 15.9 Å². The lowest BCUT2D eigenvalue weighted by atomic mass is 10.0. The Bertz CT molecular complexity index is 822. The Morgan fingerprint density at radius 1 is 1.31 bits per heavy atom. The van der Waals surface area contributed by atoms with Gasteiger partial charge in [-0.15, -0.1) is 0 Å². The van der Waals surface area contributed by atoms with E-state index in [1.54, 1.807) is 0 Å². The first kappa shape index (κ1) is 20.7. The van der Waals surface area contributed by atoms with Crippen LogP contribution in [0.1, 0.15) is 60.3 Å². The molecule has 0 bridgehead atoms. The molecular formula is C19H27BrFN3O2. The standard InChI is InChI=1S/C19H27BrFN3O2/c1-11(2)24-14-9-12(20)8-13(21)16(14)22-15(24)10-19(6,7)23-17(25)26-18(3,4)5/h8-9,11H,10H2,1-7H3,(H,23,25). The quantitative estimate of drug-likeness (QED) is 0.713. The number of carbonyl (C=O) groups excluding carboxylic acids is 1. The third-order valence-corrected chi connectivity index (χ3v) is 4.20. The third-order valence-electron chi connectivity index (χ3n) is 3.74. The maximum atomic E-state index is 14.3. The summed E-state index contributed by atoms with van der Waals surface area (Å²) in [7, 11) is 0. The Balaban J connectivity index is 2.36. The topological polar surface area (TPSA) is 56.2 Å². The maximum Gasteiger partial charge on any atom is 0.408 e. The minimum atomic E-state index is -0.607. The molecule has 1 aromatic carbocycles. The predicted molar refractivity (Wildman–Crippen MR) is 105 cm³/mol. The number of aromatic nitrogens is 2. The van der Waals surface area contributed by atoms with Crippen LogP contribution < -0.4 is 5.32 Å². The van der Waals surface area contributed by atoms with Gasteiger partial charge in [0.05, 0.1) is 5.52 Å². The third kappa shape index (κ3) is 4.96. The highest BCUT2D eigenvalue weighted by Crippen LogP contribution is 2.28. The fraction of sp³-hybridized carbons (Fsp3) is 0.579. The molecule has 0 aliphatic heterocycles. The van der Waals surface area contributed by atoms with Gasteiger partial charge in [0, 0.05) is 22.5 Å². The first-order chi connectivity index (χ1) is 11.8. The second kappa shape index (κ2) is 7.18. The molecule has 2 aromatic rings. The Hall–Kier alpha value is -1.63. The van der Waals surface area contributed by atoms with Crippen LogP contribution in [0.2, 0.25) is 0 Å². The summed E-state index contributed by atoms with van der Waals surface area (Å²) in [6.07, 6.45) is -0.0421. The first-order valence-corrected chi connectivity index (χ1v) is 9.45. The van der Waals surface area contributed by atoms with E-state index in [1.807, 2.05) is 59.1 Å². The molecule has 0 unspecified atom stereocenters. The largest absolute Gasteiger partial charge is 0.444 e. The number of ether oxygens (including phenoxy) is 1. The summed E-state index contributed by atoms with van der Waals surface area (Å²) in [4.78, 5) is 16.6. The van der Waals surface area contributed by atoms with E-state index >= 15 is 0 Å². The number of hydrogen-bond donors (Lipinski definition) is 1. The molecule has 26 heavy (non-hydrogen) atoms. The number of nitrogens with one attached hydrogen (secondary N) is 1. The number of rotatable bonds is 4. The lowest BCUT2D eigenvalue weighted by Gasteiger charge is -2.29. The molecule has 0 aliphatic carbocycles. The molecule has 1 aromatic heterocycles. The Labute approximate surface area is 162 Å².